The first-order chi connectivity index (χ1) is 8.54. The van der Waals surface area contributed by atoms with Crippen molar-refractivity contribution in [3.05, 3.63) is 22.4 Å². The first-order valence-corrected chi connectivity index (χ1v) is 6.71. The number of carbonyl (C=O) groups excluding carboxylic acids is 1. The quantitative estimate of drug-likeness (QED) is 0.832. The summed E-state index contributed by atoms with van der Waals surface area (Å²) in [5, 5.41) is 13.5. The molecule has 0 aliphatic rings. The van der Waals surface area contributed by atoms with Gasteiger partial charge in [-0.05, 0) is 25.3 Å². The summed E-state index contributed by atoms with van der Waals surface area (Å²) >= 11 is 1.58. The Labute approximate surface area is 110 Å². The molecule has 6 heteroatoms. The third kappa shape index (κ3) is 4.37. The summed E-state index contributed by atoms with van der Waals surface area (Å²) in [7, 11) is 0. The molecular weight excluding hydrogens is 252 g/mol. The van der Waals surface area contributed by atoms with Gasteiger partial charge in [0.2, 0.25) is 0 Å². The first-order valence-electron chi connectivity index (χ1n) is 5.83. The molecule has 0 saturated heterocycles. The van der Waals surface area contributed by atoms with E-state index in [2.05, 4.69) is 5.32 Å². The van der Waals surface area contributed by atoms with Crippen LogP contribution in [0.2, 0.25) is 0 Å². The molecule has 0 aliphatic carbocycles. The Morgan fingerprint density at radius 3 is 2.78 bits per heavy atom. The van der Waals surface area contributed by atoms with Gasteiger partial charge in [0, 0.05) is 17.5 Å². The average Bonchev–Trinajstić information content (AvgIpc) is 2.79. The van der Waals surface area contributed by atoms with Crippen LogP contribution in [0.4, 0.5) is 4.79 Å². The van der Waals surface area contributed by atoms with Crippen LogP contribution in [0, 0.1) is 0 Å². The molecule has 0 aromatic carbocycles. The van der Waals surface area contributed by atoms with E-state index in [9.17, 15) is 9.59 Å². The molecule has 100 valence electrons. The number of carbonyl (C=O) groups is 2. The Hall–Kier alpha value is -1.56. The van der Waals surface area contributed by atoms with Crippen LogP contribution in [0.15, 0.2) is 17.5 Å². The van der Waals surface area contributed by atoms with Crippen molar-refractivity contribution in [2.24, 2.45) is 0 Å². The van der Waals surface area contributed by atoms with E-state index >= 15 is 0 Å². The predicted molar refractivity (Wildman–Crippen MR) is 70.6 cm³/mol. The molecule has 18 heavy (non-hydrogen) atoms. The molecule has 0 spiro atoms. The number of hydrogen-bond donors (Lipinski definition) is 2. The highest BCUT2D eigenvalue weighted by molar-refractivity contribution is 7.09. The topological polar surface area (TPSA) is 69.6 Å². The number of hydrogen-bond acceptors (Lipinski definition) is 3. The normalized spacial score (nSPS) is 11.9. The number of carboxylic acids is 1. The second-order valence-corrected chi connectivity index (χ2v) is 5.00. The van der Waals surface area contributed by atoms with Gasteiger partial charge >= 0.3 is 12.0 Å². The van der Waals surface area contributed by atoms with E-state index in [-0.39, 0.29) is 18.5 Å². The maximum atomic E-state index is 11.9. The Kier molecular flexibility index (Phi) is 5.64. The molecule has 1 unspecified atom stereocenters. The third-order valence-electron chi connectivity index (χ3n) is 2.60. The second-order valence-electron chi connectivity index (χ2n) is 3.97. The van der Waals surface area contributed by atoms with E-state index in [0.717, 1.165) is 4.88 Å². The maximum absolute atomic E-state index is 11.9. The molecule has 1 aromatic heterocycles. The van der Waals surface area contributed by atoms with Crippen molar-refractivity contribution in [3.63, 3.8) is 0 Å². The zero-order valence-corrected chi connectivity index (χ0v) is 11.4. The van der Waals surface area contributed by atoms with Gasteiger partial charge in [-0.3, -0.25) is 4.79 Å². The minimum absolute atomic E-state index is 0.0414. The summed E-state index contributed by atoms with van der Waals surface area (Å²) in [5.74, 6) is -0.896. The highest BCUT2D eigenvalue weighted by Gasteiger charge is 2.20. The first kappa shape index (κ1) is 14.5. The zero-order chi connectivity index (χ0) is 13.5. The molecule has 2 N–H and O–H groups in total. The monoisotopic (exact) mass is 270 g/mol. The van der Waals surface area contributed by atoms with Gasteiger partial charge in [-0.15, -0.1) is 11.3 Å². The number of nitrogens with zero attached hydrogens (tertiary/aromatic N) is 1. The van der Waals surface area contributed by atoms with Crippen LogP contribution in [0.5, 0.6) is 0 Å². The largest absolute Gasteiger partial charge is 0.481 e. The van der Waals surface area contributed by atoms with Gasteiger partial charge in [0.05, 0.1) is 13.0 Å². The fourth-order valence-electron chi connectivity index (χ4n) is 1.70. The number of rotatable bonds is 6. The minimum Gasteiger partial charge on any atom is -0.481 e. The van der Waals surface area contributed by atoms with Crippen LogP contribution in [-0.4, -0.2) is 34.6 Å². The summed E-state index contributed by atoms with van der Waals surface area (Å²) < 4.78 is 0. The fraction of sp³-hybridized carbons (Fsp3) is 0.500. The van der Waals surface area contributed by atoms with Gasteiger partial charge in [-0.25, -0.2) is 4.79 Å². The van der Waals surface area contributed by atoms with E-state index in [0.29, 0.717) is 13.1 Å². The van der Waals surface area contributed by atoms with Crippen LogP contribution < -0.4 is 5.32 Å². The molecule has 0 bridgehead atoms. The minimum atomic E-state index is -0.896. The average molecular weight is 270 g/mol. The Morgan fingerprint density at radius 1 is 1.56 bits per heavy atom. The number of carboxylic acid groups (broad SMARTS) is 1. The molecule has 1 rings (SSSR count). The smallest absolute Gasteiger partial charge is 0.317 e. The molecule has 2 amide bonds. The molecule has 0 saturated carbocycles. The van der Waals surface area contributed by atoms with Crippen LogP contribution in [0.25, 0.3) is 0 Å². The highest BCUT2D eigenvalue weighted by atomic mass is 32.1. The molecule has 1 atom stereocenters. The number of aliphatic carboxylic acids is 1. The van der Waals surface area contributed by atoms with Gasteiger partial charge < -0.3 is 15.3 Å². The maximum Gasteiger partial charge on any atom is 0.317 e. The van der Waals surface area contributed by atoms with E-state index in [1.165, 1.54) is 4.90 Å². The van der Waals surface area contributed by atoms with Crippen molar-refractivity contribution in [2.45, 2.75) is 32.9 Å². The molecule has 0 fully saturated rings. The standard InChI is InChI=1S/C12H18N2O3S/c1-3-14(9(2)7-11(15)16)12(17)13-8-10-5-4-6-18-10/h4-6,9H,3,7-8H2,1-2H3,(H,13,17)(H,15,16). The Morgan fingerprint density at radius 2 is 2.28 bits per heavy atom. The SMILES string of the molecule is CCN(C(=O)NCc1cccs1)C(C)CC(=O)O. The predicted octanol–water partition coefficient (Wildman–Crippen LogP) is 2.14. The van der Waals surface area contributed by atoms with Crippen LogP contribution in [0.3, 0.4) is 0 Å². The summed E-state index contributed by atoms with van der Waals surface area (Å²) in [6, 6.07) is 3.34. The van der Waals surface area contributed by atoms with Crippen LogP contribution in [-0.2, 0) is 11.3 Å². The Bertz CT molecular complexity index is 392. The lowest BCUT2D eigenvalue weighted by atomic mass is 10.2. The van der Waals surface area contributed by atoms with E-state index in [1.807, 2.05) is 24.4 Å². The molecular formula is C12H18N2O3S. The highest BCUT2D eigenvalue weighted by Crippen LogP contribution is 2.09. The lowest BCUT2D eigenvalue weighted by Crippen LogP contribution is -2.45. The van der Waals surface area contributed by atoms with Crippen LogP contribution >= 0.6 is 11.3 Å². The van der Waals surface area contributed by atoms with Crippen molar-refractivity contribution < 1.29 is 14.7 Å². The summed E-state index contributed by atoms with van der Waals surface area (Å²) in [6.45, 7) is 4.54. The number of amides is 2. The third-order valence-corrected chi connectivity index (χ3v) is 3.47. The Balaban J connectivity index is 2.48. The molecule has 1 heterocycles. The molecule has 5 nitrogen and oxygen atoms in total. The van der Waals surface area contributed by atoms with Gasteiger partial charge in [-0.2, -0.15) is 0 Å². The number of nitrogens with one attached hydrogen (secondary N) is 1. The van der Waals surface area contributed by atoms with Crippen molar-refractivity contribution >= 4 is 23.3 Å². The molecule has 1 aromatic rings. The van der Waals surface area contributed by atoms with Gasteiger partial charge in [0.1, 0.15) is 0 Å². The van der Waals surface area contributed by atoms with E-state index in [1.54, 1.807) is 18.3 Å². The molecule has 0 aliphatic heterocycles. The van der Waals surface area contributed by atoms with Gasteiger partial charge in [0.15, 0.2) is 0 Å². The van der Waals surface area contributed by atoms with Crippen molar-refractivity contribution in [1.29, 1.82) is 0 Å². The van der Waals surface area contributed by atoms with Crippen molar-refractivity contribution in [3.8, 4) is 0 Å². The summed E-state index contributed by atoms with van der Waals surface area (Å²) in [5.41, 5.74) is 0. The lowest BCUT2D eigenvalue weighted by molar-refractivity contribution is -0.138. The number of urea groups is 1. The molecule has 0 radical (unpaired) electrons. The van der Waals surface area contributed by atoms with E-state index in [4.69, 9.17) is 5.11 Å². The fourth-order valence-corrected chi connectivity index (χ4v) is 2.34. The van der Waals surface area contributed by atoms with Gasteiger partial charge in [0.25, 0.3) is 0 Å². The second kappa shape index (κ2) is 7.00. The zero-order valence-electron chi connectivity index (χ0n) is 10.5. The van der Waals surface area contributed by atoms with Crippen molar-refractivity contribution in [1.82, 2.24) is 10.2 Å². The lowest BCUT2D eigenvalue weighted by Gasteiger charge is -2.27. The van der Waals surface area contributed by atoms with Gasteiger partial charge in [-0.1, -0.05) is 6.07 Å². The van der Waals surface area contributed by atoms with E-state index < -0.39 is 5.97 Å². The van der Waals surface area contributed by atoms with Crippen molar-refractivity contribution in [2.75, 3.05) is 6.54 Å². The van der Waals surface area contributed by atoms with Crippen LogP contribution in [0.1, 0.15) is 25.1 Å². The summed E-state index contributed by atoms with van der Waals surface area (Å²) in [4.78, 5) is 25.2. The number of thiophene rings is 1. The summed E-state index contributed by atoms with van der Waals surface area (Å²) in [6.07, 6.45) is -0.0414.